The van der Waals surface area contributed by atoms with Gasteiger partial charge in [-0.05, 0) is 43.3 Å². The van der Waals surface area contributed by atoms with Crippen LogP contribution < -0.4 is 20.6 Å². The predicted molar refractivity (Wildman–Crippen MR) is 113 cm³/mol. The molecule has 0 amide bonds. The molecule has 0 atom stereocenters. The monoisotopic (exact) mass is 420 g/mol. The molecular weight excluding hydrogens is 400 g/mol. The van der Waals surface area contributed by atoms with E-state index in [4.69, 9.17) is 14.0 Å². The second-order valence-electron chi connectivity index (χ2n) is 6.55. The third kappa shape index (κ3) is 4.11. The number of hydrogen-bond acceptors (Lipinski definition) is 7. The van der Waals surface area contributed by atoms with Gasteiger partial charge >= 0.3 is 11.1 Å². The van der Waals surface area contributed by atoms with E-state index in [0.29, 0.717) is 29.6 Å². The summed E-state index contributed by atoms with van der Waals surface area (Å²) in [6, 6.07) is 14.2. The van der Waals surface area contributed by atoms with Crippen LogP contribution in [0.1, 0.15) is 12.8 Å². The fourth-order valence-corrected chi connectivity index (χ4v) is 3.08. The van der Waals surface area contributed by atoms with Crippen molar-refractivity contribution in [2.24, 2.45) is 0 Å². The Balaban J connectivity index is 1.61. The van der Waals surface area contributed by atoms with Crippen LogP contribution in [0.2, 0.25) is 0 Å². The Bertz CT molecular complexity index is 1300. The van der Waals surface area contributed by atoms with Crippen molar-refractivity contribution in [1.82, 2.24) is 19.3 Å². The van der Waals surface area contributed by atoms with Gasteiger partial charge < -0.3 is 14.0 Å². The molecule has 0 unspecified atom stereocenters. The van der Waals surface area contributed by atoms with Crippen molar-refractivity contribution in [2.45, 2.75) is 13.5 Å². The van der Waals surface area contributed by atoms with Crippen LogP contribution in [-0.4, -0.2) is 33.0 Å². The van der Waals surface area contributed by atoms with Gasteiger partial charge in [0, 0.05) is 18.0 Å². The molecule has 0 N–H and O–H groups in total. The van der Waals surface area contributed by atoms with Gasteiger partial charge in [-0.15, -0.1) is 0 Å². The average molecular weight is 420 g/mol. The van der Waals surface area contributed by atoms with E-state index < -0.39 is 11.1 Å². The van der Waals surface area contributed by atoms with Gasteiger partial charge in [0.05, 0.1) is 19.4 Å². The van der Waals surface area contributed by atoms with Gasteiger partial charge in [-0.2, -0.15) is 4.98 Å². The van der Waals surface area contributed by atoms with Gasteiger partial charge in [-0.25, -0.2) is 0 Å². The van der Waals surface area contributed by atoms with Gasteiger partial charge in [-0.1, -0.05) is 17.3 Å². The molecule has 9 heteroatoms. The van der Waals surface area contributed by atoms with Crippen molar-refractivity contribution in [3.8, 4) is 28.6 Å². The van der Waals surface area contributed by atoms with E-state index in [2.05, 4.69) is 10.1 Å². The third-order valence-electron chi connectivity index (χ3n) is 4.60. The Kier molecular flexibility index (Phi) is 5.65. The summed E-state index contributed by atoms with van der Waals surface area (Å²) < 4.78 is 18.4. The zero-order valence-electron chi connectivity index (χ0n) is 17.0. The second-order valence-corrected chi connectivity index (χ2v) is 6.55. The van der Waals surface area contributed by atoms with Crippen molar-refractivity contribution >= 4 is 0 Å². The molecule has 0 aliphatic carbocycles. The first-order chi connectivity index (χ1) is 15.1. The van der Waals surface area contributed by atoms with Gasteiger partial charge in [-0.3, -0.25) is 18.7 Å². The zero-order valence-corrected chi connectivity index (χ0v) is 17.0. The van der Waals surface area contributed by atoms with Crippen LogP contribution in [0, 0.1) is 0 Å². The van der Waals surface area contributed by atoms with Crippen LogP contribution in [0.25, 0.3) is 17.1 Å². The van der Waals surface area contributed by atoms with Crippen molar-refractivity contribution in [3.63, 3.8) is 0 Å². The summed E-state index contributed by atoms with van der Waals surface area (Å²) >= 11 is 0. The van der Waals surface area contributed by atoms with Gasteiger partial charge in [0.2, 0.25) is 11.7 Å². The molecule has 0 spiro atoms. The minimum Gasteiger partial charge on any atom is -0.497 e. The number of rotatable bonds is 7. The maximum absolute atomic E-state index is 12.7. The molecule has 4 aromatic rings. The molecule has 2 heterocycles. The number of para-hydroxylation sites is 2. The molecule has 158 valence electrons. The largest absolute Gasteiger partial charge is 0.497 e. The van der Waals surface area contributed by atoms with Gasteiger partial charge in [0.1, 0.15) is 18.0 Å². The topological polar surface area (TPSA) is 101 Å². The summed E-state index contributed by atoms with van der Waals surface area (Å²) in [6.07, 6.45) is 3.02. The molecule has 0 aliphatic heterocycles. The van der Waals surface area contributed by atoms with Gasteiger partial charge in [0.15, 0.2) is 0 Å². The van der Waals surface area contributed by atoms with Crippen LogP contribution in [0.5, 0.6) is 11.5 Å². The SMILES string of the molecule is CCOc1ccccc1-n1ccn(Cc2nc(-c3ccc(OC)cc3)no2)c(=O)c1=O. The lowest BCUT2D eigenvalue weighted by molar-refractivity contribution is 0.338. The number of hydrogen-bond donors (Lipinski definition) is 0. The molecule has 31 heavy (non-hydrogen) atoms. The van der Waals surface area contributed by atoms with Crippen LogP contribution in [0.4, 0.5) is 0 Å². The lowest BCUT2D eigenvalue weighted by atomic mass is 10.2. The molecular formula is C22H20N4O5. The first-order valence-electron chi connectivity index (χ1n) is 9.62. The zero-order chi connectivity index (χ0) is 21.8. The van der Waals surface area contributed by atoms with E-state index in [1.165, 1.54) is 21.5 Å². The summed E-state index contributed by atoms with van der Waals surface area (Å²) in [4.78, 5) is 29.7. The van der Waals surface area contributed by atoms with Crippen molar-refractivity contribution in [3.05, 3.63) is 87.5 Å². The summed E-state index contributed by atoms with van der Waals surface area (Å²) in [5, 5.41) is 3.95. The number of methoxy groups -OCH3 is 1. The van der Waals surface area contributed by atoms with E-state index in [0.717, 1.165) is 5.56 Å². The smallest absolute Gasteiger partial charge is 0.321 e. The highest BCUT2D eigenvalue weighted by Gasteiger charge is 2.14. The molecule has 9 nitrogen and oxygen atoms in total. The lowest BCUT2D eigenvalue weighted by Gasteiger charge is -2.12. The molecule has 0 bridgehead atoms. The highest BCUT2D eigenvalue weighted by Crippen LogP contribution is 2.21. The van der Waals surface area contributed by atoms with Crippen LogP contribution >= 0.6 is 0 Å². The molecule has 0 saturated heterocycles. The standard InChI is InChI=1S/C22H20N4O5/c1-3-30-18-7-5-4-6-17(18)26-13-12-25(21(27)22(26)28)14-19-23-20(24-31-19)15-8-10-16(29-2)11-9-15/h4-13H,3,14H2,1-2H3. The minimum atomic E-state index is -0.710. The highest BCUT2D eigenvalue weighted by atomic mass is 16.5. The van der Waals surface area contributed by atoms with E-state index in [-0.39, 0.29) is 12.4 Å². The van der Waals surface area contributed by atoms with E-state index in [1.54, 1.807) is 55.6 Å². The number of benzene rings is 2. The summed E-state index contributed by atoms with van der Waals surface area (Å²) in [5.41, 5.74) is -0.174. The summed E-state index contributed by atoms with van der Waals surface area (Å²) in [7, 11) is 1.59. The Labute approximate surface area is 177 Å². The summed E-state index contributed by atoms with van der Waals surface area (Å²) in [5.74, 6) is 1.82. The number of aromatic nitrogens is 4. The second kappa shape index (κ2) is 8.70. The Hall–Kier alpha value is -4.14. The molecule has 2 aromatic carbocycles. The molecule has 0 saturated carbocycles. The Morgan fingerprint density at radius 3 is 2.52 bits per heavy atom. The number of ether oxygens (including phenoxy) is 2. The van der Waals surface area contributed by atoms with Crippen molar-refractivity contribution in [1.29, 1.82) is 0 Å². The van der Waals surface area contributed by atoms with E-state index in [1.807, 2.05) is 6.92 Å². The van der Waals surface area contributed by atoms with Crippen LogP contribution in [-0.2, 0) is 6.54 Å². The highest BCUT2D eigenvalue weighted by molar-refractivity contribution is 5.55. The molecule has 0 radical (unpaired) electrons. The molecule has 0 fully saturated rings. The van der Waals surface area contributed by atoms with Crippen LogP contribution in [0.3, 0.4) is 0 Å². The fraction of sp³-hybridized carbons (Fsp3) is 0.182. The van der Waals surface area contributed by atoms with E-state index in [9.17, 15) is 9.59 Å². The first-order valence-corrected chi connectivity index (χ1v) is 9.62. The maximum atomic E-state index is 12.7. The van der Waals surface area contributed by atoms with Crippen molar-refractivity contribution in [2.75, 3.05) is 13.7 Å². The quantitative estimate of drug-likeness (QED) is 0.423. The van der Waals surface area contributed by atoms with Crippen LogP contribution in [0.15, 0.2) is 75.0 Å². The molecule has 0 aliphatic rings. The first kappa shape index (κ1) is 20.1. The Morgan fingerprint density at radius 2 is 1.77 bits per heavy atom. The predicted octanol–water partition coefficient (Wildman–Crippen LogP) is 2.50. The maximum Gasteiger partial charge on any atom is 0.321 e. The average Bonchev–Trinajstić information content (AvgIpc) is 3.27. The van der Waals surface area contributed by atoms with E-state index >= 15 is 0 Å². The fourth-order valence-electron chi connectivity index (χ4n) is 3.08. The molecule has 2 aromatic heterocycles. The Morgan fingerprint density at radius 1 is 1.00 bits per heavy atom. The van der Waals surface area contributed by atoms with Crippen molar-refractivity contribution < 1.29 is 14.0 Å². The normalized spacial score (nSPS) is 10.8. The summed E-state index contributed by atoms with van der Waals surface area (Å²) in [6.45, 7) is 2.27. The lowest BCUT2D eigenvalue weighted by Crippen LogP contribution is -2.40. The van der Waals surface area contributed by atoms with Gasteiger partial charge in [0.25, 0.3) is 0 Å². The number of nitrogens with zero attached hydrogens (tertiary/aromatic N) is 4. The third-order valence-corrected chi connectivity index (χ3v) is 4.60. The minimum absolute atomic E-state index is 0.0226. The molecule has 4 rings (SSSR count).